The first-order valence-electron chi connectivity index (χ1n) is 9.15. The molecule has 2 heterocycles. The molecule has 1 aromatic carbocycles. The Kier molecular flexibility index (Phi) is 4.27. The van der Waals surface area contributed by atoms with Crippen molar-refractivity contribution < 1.29 is 4.79 Å². The van der Waals surface area contributed by atoms with Crippen LogP contribution in [0.25, 0.3) is 0 Å². The molecule has 2 fully saturated rings. The Bertz CT molecular complexity index is 645. The standard InChI is InChI=1S/C19H26N4O/c1-15-5-2-3-8-17(15)18(24)23-10-9-20-19(23)22-13-11-21(12-14-22)16-6-4-7-16/h2-3,5,8,16H,4,6-7,9-14H2,1H3. The first-order valence-corrected chi connectivity index (χ1v) is 9.15. The minimum Gasteiger partial charge on any atom is -0.340 e. The van der Waals surface area contributed by atoms with Gasteiger partial charge in [0.2, 0.25) is 5.96 Å². The van der Waals surface area contributed by atoms with E-state index in [0.29, 0.717) is 6.54 Å². The summed E-state index contributed by atoms with van der Waals surface area (Å²) in [6, 6.07) is 8.64. The molecule has 5 heteroatoms. The maximum absolute atomic E-state index is 13.0. The molecule has 0 atom stereocenters. The number of aryl methyl sites for hydroxylation is 1. The maximum Gasteiger partial charge on any atom is 0.260 e. The summed E-state index contributed by atoms with van der Waals surface area (Å²) >= 11 is 0. The van der Waals surface area contributed by atoms with E-state index in [1.54, 1.807) is 0 Å². The number of piperazine rings is 1. The zero-order valence-electron chi connectivity index (χ0n) is 14.4. The van der Waals surface area contributed by atoms with Crippen molar-refractivity contribution in [2.45, 2.75) is 32.2 Å². The van der Waals surface area contributed by atoms with Crippen molar-refractivity contribution in [3.05, 3.63) is 35.4 Å². The van der Waals surface area contributed by atoms with Crippen LogP contribution < -0.4 is 0 Å². The van der Waals surface area contributed by atoms with Gasteiger partial charge in [0.1, 0.15) is 0 Å². The van der Waals surface area contributed by atoms with Crippen molar-refractivity contribution in [3.8, 4) is 0 Å². The maximum atomic E-state index is 13.0. The third-order valence-electron chi connectivity index (χ3n) is 5.63. The quantitative estimate of drug-likeness (QED) is 0.834. The molecule has 24 heavy (non-hydrogen) atoms. The first kappa shape index (κ1) is 15.6. The molecule has 0 N–H and O–H groups in total. The SMILES string of the molecule is Cc1ccccc1C(=O)N1CCN=C1N1CCN(C2CCC2)CC1. The Morgan fingerprint density at radius 3 is 2.50 bits per heavy atom. The fourth-order valence-corrected chi connectivity index (χ4v) is 3.90. The summed E-state index contributed by atoms with van der Waals surface area (Å²) in [5.41, 5.74) is 1.82. The highest BCUT2D eigenvalue weighted by molar-refractivity contribution is 6.07. The fraction of sp³-hybridized carbons (Fsp3) is 0.579. The average Bonchev–Trinajstić information content (AvgIpc) is 3.03. The molecule has 1 amide bonds. The Morgan fingerprint density at radius 2 is 1.83 bits per heavy atom. The Hall–Kier alpha value is -1.88. The lowest BCUT2D eigenvalue weighted by Gasteiger charge is -2.44. The van der Waals surface area contributed by atoms with E-state index >= 15 is 0 Å². The van der Waals surface area contributed by atoms with E-state index in [1.807, 2.05) is 36.1 Å². The van der Waals surface area contributed by atoms with Crippen LogP contribution in [-0.4, -0.2) is 71.9 Å². The van der Waals surface area contributed by atoms with Crippen molar-refractivity contribution in [1.82, 2.24) is 14.7 Å². The second-order valence-electron chi connectivity index (χ2n) is 7.06. The van der Waals surface area contributed by atoms with Crippen LogP contribution in [0.15, 0.2) is 29.3 Å². The van der Waals surface area contributed by atoms with Crippen molar-refractivity contribution in [1.29, 1.82) is 0 Å². The van der Waals surface area contributed by atoms with E-state index in [4.69, 9.17) is 0 Å². The number of hydrogen-bond acceptors (Lipinski definition) is 4. The third kappa shape index (κ3) is 2.81. The van der Waals surface area contributed by atoms with Crippen molar-refractivity contribution >= 4 is 11.9 Å². The predicted octanol–water partition coefficient (Wildman–Crippen LogP) is 1.98. The largest absolute Gasteiger partial charge is 0.340 e. The molecule has 4 rings (SSSR count). The molecule has 1 saturated heterocycles. The molecular formula is C19H26N4O. The Labute approximate surface area is 143 Å². The summed E-state index contributed by atoms with van der Waals surface area (Å²) in [6.45, 7) is 7.56. The molecule has 3 aliphatic rings. The lowest BCUT2D eigenvalue weighted by molar-refractivity contribution is 0.0745. The normalized spacial score (nSPS) is 22.5. The van der Waals surface area contributed by atoms with Crippen molar-refractivity contribution in [2.75, 3.05) is 39.3 Å². The van der Waals surface area contributed by atoms with E-state index in [9.17, 15) is 4.79 Å². The van der Waals surface area contributed by atoms with Gasteiger partial charge in [0, 0.05) is 44.3 Å². The molecule has 1 aromatic rings. The number of guanidine groups is 1. The van der Waals surface area contributed by atoms with Gasteiger partial charge in [-0.25, -0.2) is 0 Å². The highest BCUT2D eigenvalue weighted by Crippen LogP contribution is 2.26. The monoisotopic (exact) mass is 326 g/mol. The van der Waals surface area contributed by atoms with Gasteiger partial charge >= 0.3 is 0 Å². The van der Waals surface area contributed by atoms with Crippen LogP contribution in [0.5, 0.6) is 0 Å². The smallest absolute Gasteiger partial charge is 0.260 e. The first-order chi connectivity index (χ1) is 11.7. The van der Waals surface area contributed by atoms with Gasteiger partial charge in [-0.2, -0.15) is 0 Å². The number of benzene rings is 1. The molecule has 1 saturated carbocycles. The van der Waals surface area contributed by atoms with E-state index in [0.717, 1.165) is 55.9 Å². The highest BCUT2D eigenvalue weighted by Gasteiger charge is 2.33. The number of aliphatic imine (C=N–C) groups is 1. The van der Waals surface area contributed by atoms with Gasteiger partial charge in [0.05, 0.1) is 6.54 Å². The van der Waals surface area contributed by atoms with Gasteiger partial charge in [0.15, 0.2) is 0 Å². The molecular weight excluding hydrogens is 300 g/mol. The average molecular weight is 326 g/mol. The summed E-state index contributed by atoms with van der Waals surface area (Å²) in [5.74, 6) is 0.974. The third-order valence-corrected chi connectivity index (χ3v) is 5.63. The number of nitrogens with zero attached hydrogens (tertiary/aromatic N) is 4. The fourth-order valence-electron chi connectivity index (χ4n) is 3.90. The lowest BCUT2D eigenvalue weighted by atomic mass is 9.91. The van der Waals surface area contributed by atoms with E-state index in [-0.39, 0.29) is 5.91 Å². The predicted molar refractivity (Wildman–Crippen MR) is 95.3 cm³/mol. The summed E-state index contributed by atoms with van der Waals surface area (Å²) in [4.78, 5) is 24.4. The second kappa shape index (κ2) is 6.55. The number of rotatable bonds is 2. The summed E-state index contributed by atoms with van der Waals surface area (Å²) in [5, 5.41) is 0. The van der Waals surface area contributed by atoms with Crippen LogP contribution in [0.1, 0.15) is 35.2 Å². The zero-order chi connectivity index (χ0) is 16.5. The summed E-state index contributed by atoms with van der Waals surface area (Å²) in [6.07, 6.45) is 4.11. The number of carbonyl (C=O) groups excluding carboxylic acids is 1. The van der Waals surface area contributed by atoms with Crippen molar-refractivity contribution in [3.63, 3.8) is 0 Å². The molecule has 0 bridgehead atoms. The van der Waals surface area contributed by atoms with Crippen LogP contribution in [0.2, 0.25) is 0 Å². The second-order valence-corrected chi connectivity index (χ2v) is 7.06. The molecule has 128 valence electrons. The van der Waals surface area contributed by atoms with Gasteiger partial charge in [-0.05, 0) is 31.4 Å². The molecule has 5 nitrogen and oxygen atoms in total. The summed E-state index contributed by atoms with van der Waals surface area (Å²) in [7, 11) is 0. The highest BCUT2D eigenvalue weighted by atomic mass is 16.2. The topological polar surface area (TPSA) is 39.2 Å². The lowest BCUT2D eigenvalue weighted by Crippen LogP contribution is -2.56. The van der Waals surface area contributed by atoms with Gasteiger partial charge < -0.3 is 4.90 Å². The van der Waals surface area contributed by atoms with Crippen LogP contribution >= 0.6 is 0 Å². The molecule has 2 aliphatic heterocycles. The Balaban J connectivity index is 1.43. The van der Waals surface area contributed by atoms with Crippen LogP contribution in [-0.2, 0) is 0 Å². The van der Waals surface area contributed by atoms with Crippen LogP contribution in [0, 0.1) is 6.92 Å². The van der Waals surface area contributed by atoms with Gasteiger partial charge in [-0.1, -0.05) is 24.6 Å². The van der Waals surface area contributed by atoms with Gasteiger partial charge in [0.25, 0.3) is 5.91 Å². The van der Waals surface area contributed by atoms with Gasteiger partial charge in [-0.3, -0.25) is 19.6 Å². The van der Waals surface area contributed by atoms with Gasteiger partial charge in [-0.15, -0.1) is 0 Å². The zero-order valence-corrected chi connectivity index (χ0v) is 14.4. The number of amides is 1. The number of hydrogen-bond donors (Lipinski definition) is 0. The molecule has 0 aromatic heterocycles. The summed E-state index contributed by atoms with van der Waals surface area (Å²) < 4.78 is 0. The van der Waals surface area contributed by atoms with E-state index < -0.39 is 0 Å². The molecule has 0 unspecified atom stereocenters. The molecule has 0 spiro atoms. The minimum absolute atomic E-state index is 0.0887. The van der Waals surface area contributed by atoms with Crippen LogP contribution in [0.3, 0.4) is 0 Å². The molecule has 1 aliphatic carbocycles. The van der Waals surface area contributed by atoms with Crippen LogP contribution in [0.4, 0.5) is 0 Å². The van der Waals surface area contributed by atoms with E-state index in [2.05, 4.69) is 14.8 Å². The minimum atomic E-state index is 0.0887. The Morgan fingerprint density at radius 1 is 1.08 bits per heavy atom. The van der Waals surface area contributed by atoms with Crippen molar-refractivity contribution in [2.24, 2.45) is 4.99 Å². The number of carbonyl (C=O) groups is 1. The van der Waals surface area contributed by atoms with E-state index in [1.165, 1.54) is 19.3 Å². The molecule has 0 radical (unpaired) electrons.